The average molecular weight is 553 g/mol. The van der Waals surface area contributed by atoms with Crippen LogP contribution in [-0.4, -0.2) is 71.6 Å². The average Bonchev–Trinajstić information content (AvgIpc) is 3.20. The first-order valence-corrected chi connectivity index (χ1v) is 14.4. The van der Waals surface area contributed by atoms with E-state index in [2.05, 4.69) is 26.5 Å². The molecule has 0 spiro atoms. The third kappa shape index (κ3) is 6.93. The number of rotatable bonds is 10. The fraction of sp³-hybridized carbons (Fsp3) is 0.364. The fourth-order valence-corrected chi connectivity index (χ4v) is 5.73. The molecule has 4 aromatic rings. The minimum atomic E-state index is -0.255. The molecule has 1 atom stereocenters. The van der Waals surface area contributed by atoms with Gasteiger partial charge in [0.25, 0.3) is 5.91 Å². The van der Waals surface area contributed by atoms with Crippen molar-refractivity contribution >= 4 is 22.9 Å². The zero-order chi connectivity index (χ0) is 28.6. The van der Waals surface area contributed by atoms with Crippen molar-refractivity contribution in [3.63, 3.8) is 0 Å². The predicted octanol–water partition coefficient (Wildman–Crippen LogP) is 5.55. The van der Waals surface area contributed by atoms with Crippen LogP contribution in [-0.2, 0) is 6.54 Å². The van der Waals surface area contributed by atoms with Gasteiger partial charge in [-0.05, 0) is 67.9 Å². The number of halogens is 1. The van der Waals surface area contributed by atoms with E-state index >= 15 is 0 Å². The molecule has 1 saturated heterocycles. The monoisotopic (exact) mass is 552 g/mol. The van der Waals surface area contributed by atoms with Crippen LogP contribution in [0.15, 0.2) is 78.9 Å². The van der Waals surface area contributed by atoms with Gasteiger partial charge in [-0.3, -0.25) is 4.79 Å². The van der Waals surface area contributed by atoms with Crippen molar-refractivity contribution in [2.24, 2.45) is 0 Å². The SMILES string of the molecule is CN(CC(CCN1CCCN(c2nc3ccccc3n2CCC#N)CC1)c1ccc(F)cc1)C(=O)c1ccccc1. The zero-order valence-electron chi connectivity index (χ0n) is 23.6. The molecule has 5 rings (SSSR count). The van der Waals surface area contributed by atoms with Gasteiger partial charge in [0.15, 0.2) is 0 Å². The van der Waals surface area contributed by atoms with Gasteiger partial charge >= 0.3 is 0 Å². The summed E-state index contributed by atoms with van der Waals surface area (Å²) >= 11 is 0. The van der Waals surface area contributed by atoms with E-state index in [0.29, 0.717) is 25.1 Å². The number of nitrogens with zero attached hydrogens (tertiary/aromatic N) is 6. The predicted molar refractivity (Wildman–Crippen MR) is 160 cm³/mol. The summed E-state index contributed by atoms with van der Waals surface area (Å²) in [5.41, 5.74) is 3.73. The number of imidazole rings is 1. The second-order valence-corrected chi connectivity index (χ2v) is 10.7. The van der Waals surface area contributed by atoms with Crippen molar-refractivity contribution in [2.45, 2.75) is 31.7 Å². The van der Waals surface area contributed by atoms with Crippen molar-refractivity contribution in [3.05, 3.63) is 95.8 Å². The molecule has 1 unspecified atom stereocenters. The second kappa shape index (κ2) is 13.4. The Balaban J connectivity index is 1.26. The first-order chi connectivity index (χ1) is 20.0. The number of hydrogen-bond acceptors (Lipinski definition) is 5. The van der Waals surface area contributed by atoms with Crippen molar-refractivity contribution in [1.82, 2.24) is 19.4 Å². The van der Waals surface area contributed by atoms with Gasteiger partial charge in [-0.25, -0.2) is 9.37 Å². The van der Waals surface area contributed by atoms with Gasteiger partial charge in [-0.1, -0.05) is 42.5 Å². The number of anilines is 1. The molecule has 1 aromatic heterocycles. The number of benzene rings is 3. The number of carbonyl (C=O) groups excluding carboxylic acids is 1. The van der Waals surface area contributed by atoms with Gasteiger partial charge in [0, 0.05) is 51.3 Å². The highest BCUT2D eigenvalue weighted by Crippen LogP contribution is 2.26. The standard InChI is InChI=1S/C33H37FN6O/c1-37(32(41)27-9-3-2-4-10-27)25-28(26-13-15-29(34)16-14-26)17-22-38-19-8-20-39(24-23-38)33-36-30-11-5-6-12-31(30)40(33)21-7-18-35/h2-6,9-16,28H,7-8,17,19-25H2,1H3. The normalized spacial score (nSPS) is 14.9. The molecule has 1 amide bonds. The summed E-state index contributed by atoms with van der Waals surface area (Å²) < 4.78 is 15.9. The largest absolute Gasteiger partial charge is 0.341 e. The van der Waals surface area contributed by atoms with E-state index in [1.54, 1.807) is 4.90 Å². The van der Waals surface area contributed by atoms with Crippen LogP contribution in [0, 0.1) is 17.1 Å². The molecule has 1 aliphatic rings. The zero-order valence-corrected chi connectivity index (χ0v) is 23.6. The van der Waals surface area contributed by atoms with E-state index in [-0.39, 0.29) is 17.6 Å². The van der Waals surface area contributed by atoms with Crippen molar-refractivity contribution in [3.8, 4) is 6.07 Å². The molecule has 8 heteroatoms. The van der Waals surface area contributed by atoms with Crippen LogP contribution < -0.4 is 4.90 Å². The summed E-state index contributed by atoms with van der Waals surface area (Å²) in [6.07, 6.45) is 2.31. The van der Waals surface area contributed by atoms with Crippen molar-refractivity contribution < 1.29 is 9.18 Å². The van der Waals surface area contributed by atoms with E-state index in [9.17, 15) is 14.4 Å². The Kier molecular flexibility index (Phi) is 9.27. The first-order valence-electron chi connectivity index (χ1n) is 14.4. The molecule has 2 heterocycles. The van der Waals surface area contributed by atoms with Crippen LogP contribution in [0.2, 0.25) is 0 Å². The van der Waals surface area contributed by atoms with E-state index in [4.69, 9.17) is 4.98 Å². The summed E-state index contributed by atoms with van der Waals surface area (Å²) in [5, 5.41) is 9.22. The van der Waals surface area contributed by atoms with E-state index in [1.165, 1.54) is 12.1 Å². The minimum absolute atomic E-state index is 0.0117. The lowest BCUT2D eigenvalue weighted by molar-refractivity contribution is 0.0782. The maximum absolute atomic E-state index is 13.7. The number of fused-ring (bicyclic) bond motifs is 1. The number of aryl methyl sites for hydroxylation is 1. The summed E-state index contributed by atoms with van der Waals surface area (Å²) in [6.45, 7) is 5.70. The van der Waals surface area contributed by atoms with Crippen molar-refractivity contribution in [1.29, 1.82) is 5.26 Å². The Labute approximate surface area is 241 Å². The lowest BCUT2D eigenvalue weighted by Gasteiger charge is -2.28. The summed E-state index contributed by atoms with van der Waals surface area (Å²) in [5.74, 6) is 0.758. The third-order valence-corrected chi connectivity index (χ3v) is 7.95. The number of aromatic nitrogens is 2. The lowest BCUT2D eigenvalue weighted by atomic mass is 9.94. The Morgan fingerprint density at radius 2 is 1.73 bits per heavy atom. The molecule has 7 nitrogen and oxygen atoms in total. The molecular weight excluding hydrogens is 515 g/mol. The molecule has 0 N–H and O–H groups in total. The highest BCUT2D eigenvalue weighted by molar-refractivity contribution is 5.94. The summed E-state index contributed by atoms with van der Waals surface area (Å²) in [7, 11) is 1.84. The fourth-order valence-electron chi connectivity index (χ4n) is 5.73. The maximum Gasteiger partial charge on any atom is 0.253 e. The first kappa shape index (κ1) is 28.3. The highest BCUT2D eigenvalue weighted by Gasteiger charge is 2.23. The Morgan fingerprint density at radius 1 is 0.976 bits per heavy atom. The number of nitriles is 1. The van der Waals surface area contributed by atoms with Gasteiger partial charge in [0.1, 0.15) is 5.82 Å². The molecule has 41 heavy (non-hydrogen) atoms. The smallest absolute Gasteiger partial charge is 0.253 e. The van der Waals surface area contributed by atoms with Gasteiger partial charge in [-0.2, -0.15) is 5.26 Å². The highest BCUT2D eigenvalue weighted by atomic mass is 19.1. The molecule has 1 fully saturated rings. The van der Waals surface area contributed by atoms with E-state index in [0.717, 1.165) is 68.1 Å². The molecule has 0 bridgehead atoms. The lowest BCUT2D eigenvalue weighted by Crippen LogP contribution is -2.35. The molecule has 212 valence electrons. The second-order valence-electron chi connectivity index (χ2n) is 10.7. The summed E-state index contributed by atoms with van der Waals surface area (Å²) in [4.78, 5) is 24.6. The molecule has 0 radical (unpaired) electrons. The number of likely N-dealkylation sites (N-methyl/N-ethyl adjacent to an activating group) is 1. The van der Waals surface area contributed by atoms with Gasteiger partial charge in [-0.15, -0.1) is 0 Å². The molecule has 1 aliphatic heterocycles. The van der Waals surface area contributed by atoms with Crippen LogP contribution in [0.1, 0.15) is 41.1 Å². The van der Waals surface area contributed by atoms with Crippen LogP contribution in [0.4, 0.5) is 10.3 Å². The third-order valence-electron chi connectivity index (χ3n) is 7.95. The molecule has 0 aliphatic carbocycles. The van der Waals surface area contributed by atoms with Gasteiger partial charge < -0.3 is 19.3 Å². The minimum Gasteiger partial charge on any atom is -0.341 e. The topological polar surface area (TPSA) is 68.4 Å². The Hall–Kier alpha value is -4.22. The molecular formula is C33H37FN6O. The number of hydrogen-bond donors (Lipinski definition) is 0. The van der Waals surface area contributed by atoms with E-state index < -0.39 is 0 Å². The van der Waals surface area contributed by atoms with Crippen molar-refractivity contribution in [2.75, 3.05) is 51.2 Å². The van der Waals surface area contributed by atoms with E-state index in [1.807, 2.05) is 67.7 Å². The van der Waals surface area contributed by atoms with Crippen LogP contribution in [0.25, 0.3) is 11.0 Å². The van der Waals surface area contributed by atoms with Crippen LogP contribution in [0.5, 0.6) is 0 Å². The number of carbonyl (C=O) groups is 1. The summed E-state index contributed by atoms with van der Waals surface area (Å²) in [6, 6.07) is 26.4. The number of para-hydroxylation sites is 2. The van der Waals surface area contributed by atoms with Crippen LogP contribution >= 0.6 is 0 Å². The van der Waals surface area contributed by atoms with Gasteiger partial charge in [0.2, 0.25) is 5.95 Å². The Bertz CT molecular complexity index is 1480. The maximum atomic E-state index is 13.7. The van der Waals surface area contributed by atoms with Gasteiger partial charge in [0.05, 0.1) is 23.5 Å². The quantitative estimate of drug-likeness (QED) is 0.258. The molecule has 3 aromatic carbocycles. The molecule has 0 saturated carbocycles. The number of amides is 1. The Morgan fingerprint density at radius 3 is 2.51 bits per heavy atom. The van der Waals surface area contributed by atoms with Crippen LogP contribution in [0.3, 0.4) is 0 Å².